The molecule has 4 rings (SSSR count). The number of hydrogen-bond donors (Lipinski definition) is 1. The lowest BCUT2D eigenvalue weighted by Gasteiger charge is -2.32. The normalized spacial score (nSPS) is 17.5. The molecule has 1 saturated heterocycles. The molecule has 0 saturated carbocycles. The van der Waals surface area contributed by atoms with Crippen LogP contribution in [0.1, 0.15) is 56.1 Å². The first-order chi connectivity index (χ1) is 13.2. The Kier molecular flexibility index (Phi) is 5.18. The van der Waals surface area contributed by atoms with Crippen molar-refractivity contribution in [3.05, 3.63) is 41.8 Å². The minimum absolute atomic E-state index is 0.200. The van der Waals surface area contributed by atoms with Gasteiger partial charge in [0.1, 0.15) is 5.82 Å². The van der Waals surface area contributed by atoms with Gasteiger partial charge < -0.3 is 14.4 Å². The second kappa shape index (κ2) is 7.90. The molecule has 1 aliphatic heterocycles. The molecule has 1 fully saturated rings. The summed E-state index contributed by atoms with van der Waals surface area (Å²) in [5.41, 5.74) is 2.05. The fourth-order valence-electron chi connectivity index (χ4n) is 3.68. The Bertz CT molecular complexity index is 883. The van der Waals surface area contributed by atoms with E-state index in [4.69, 9.17) is 9.51 Å². The number of nitrogens with one attached hydrogen (secondary N) is 1. The molecule has 27 heavy (non-hydrogen) atoms. The number of carbonyl (C=O) groups is 1. The number of amides is 1. The third kappa shape index (κ3) is 4.02. The summed E-state index contributed by atoms with van der Waals surface area (Å²) in [6.07, 6.45) is 4.73. The lowest BCUT2D eigenvalue weighted by molar-refractivity contribution is -0.132. The number of likely N-dealkylation sites (tertiary alicyclic amines) is 1. The number of fused-ring (bicyclic) bond motifs is 1. The van der Waals surface area contributed by atoms with Crippen molar-refractivity contribution in [1.29, 1.82) is 0 Å². The van der Waals surface area contributed by atoms with E-state index >= 15 is 0 Å². The molecule has 0 radical (unpaired) electrons. The number of carbonyl (C=O) groups excluding carboxylic acids is 1. The van der Waals surface area contributed by atoms with Crippen LogP contribution in [-0.4, -0.2) is 44.0 Å². The molecule has 0 spiro atoms. The van der Waals surface area contributed by atoms with Gasteiger partial charge in [-0.2, -0.15) is 4.98 Å². The molecule has 1 aromatic carbocycles. The van der Waals surface area contributed by atoms with E-state index in [9.17, 15) is 4.79 Å². The molecule has 3 aromatic rings. The summed E-state index contributed by atoms with van der Waals surface area (Å²) in [5, 5.41) is 3.89. The van der Waals surface area contributed by atoms with E-state index in [1.54, 1.807) is 0 Å². The summed E-state index contributed by atoms with van der Waals surface area (Å²) < 4.78 is 5.19. The van der Waals surface area contributed by atoms with Gasteiger partial charge in [0.05, 0.1) is 11.0 Å². The van der Waals surface area contributed by atoms with Gasteiger partial charge in [-0.05, 0) is 31.4 Å². The molecule has 0 unspecified atom stereocenters. The summed E-state index contributed by atoms with van der Waals surface area (Å²) in [7, 11) is 0. The van der Waals surface area contributed by atoms with Crippen molar-refractivity contribution in [3.63, 3.8) is 0 Å². The number of hydrogen-bond acceptors (Lipinski definition) is 5. The highest BCUT2D eigenvalue weighted by molar-refractivity contribution is 5.77. The van der Waals surface area contributed by atoms with E-state index in [0.717, 1.165) is 61.5 Å². The molecule has 1 N–H and O–H groups in total. The number of aromatic amines is 1. The lowest BCUT2D eigenvalue weighted by Crippen LogP contribution is -2.39. The molecule has 0 bridgehead atoms. The van der Waals surface area contributed by atoms with E-state index in [1.807, 2.05) is 36.1 Å². The Morgan fingerprint density at radius 2 is 2.22 bits per heavy atom. The van der Waals surface area contributed by atoms with Gasteiger partial charge >= 0.3 is 0 Å². The fraction of sp³-hybridized carbons (Fsp3) is 0.500. The molecule has 0 aliphatic carbocycles. The van der Waals surface area contributed by atoms with Crippen LogP contribution in [0.3, 0.4) is 0 Å². The van der Waals surface area contributed by atoms with Crippen LogP contribution in [0.2, 0.25) is 0 Å². The molecule has 1 atom stereocenters. The number of imidazole rings is 1. The average Bonchev–Trinajstić information content (AvgIpc) is 3.34. The van der Waals surface area contributed by atoms with Crippen LogP contribution >= 0.6 is 0 Å². The van der Waals surface area contributed by atoms with Crippen LogP contribution in [0.5, 0.6) is 0 Å². The second-order valence-corrected chi connectivity index (χ2v) is 7.13. The Morgan fingerprint density at radius 3 is 3.04 bits per heavy atom. The Morgan fingerprint density at radius 1 is 1.33 bits per heavy atom. The van der Waals surface area contributed by atoms with Crippen molar-refractivity contribution in [2.75, 3.05) is 13.1 Å². The summed E-state index contributed by atoms with van der Waals surface area (Å²) in [6.45, 7) is 3.56. The number of piperidine rings is 1. The largest absolute Gasteiger partial charge is 0.342 e. The fourth-order valence-corrected chi connectivity index (χ4v) is 3.68. The van der Waals surface area contributed by atoms with Crippen LogP contribution in [0.4, 0.5) is 0 Å². The summed E-state index contributed by atoms with van der Waals surface area (Å²) in [4.78, 5) is 27.0. The monoisotopic (exact) mass is 367 g/mol. The maximum absolute atomic E-state index is 12.6. The van der Waals surface area contributed by atoms with Gasteiger partial charge in [-0.1, -0.05) is 24.2 Å². The van der Waals surface area contributed by atoms with Crippen LogP contribution in [0.25, 0.3) is 11.0 Å². The van der Waals surface area contributed by atoms with Gasteiger partial charge in [0, 0.05) is 38.3 Å². The molecule has 1 aliphatic rings. The van der Waals surface area contributed by atoms with Gasteiger partial charge in [-0.25, -0.2) is 4.98 Å². The Balaban J connectivity index is 1.32. The average molecular weight is 367 g/mol. The molecular weight excluding hydrogens is 342 g/mol. The highest BCUT2D eigenvalue weighted by Gasteiger charge is 2.26. The van der Waals surface area contributed by atoms with Gasteiger partial charge in [0.25, 0.3) is 0 Å². The van der Waals surface area contributed by atoms with Gasteiger partial charge in [0.15, 0.2) is 5.82 Å². The zero-order valence-electron chi connectivity index (χ0n) is 15.6. The third-order valence-corrected chi connectivity index (χ3v) is 5.18. The lowest BCUT2D eigenvalue weighted by atomic mass is 9.97. The summed E-state index contributed by atoms with van der Waals surface area (Å²) >= 11 is 0. The number of aromatic nitrogens is 4. The van der Waals surface area contributed by atoms with Crippen LogP contribution < -0.4 is 0 Å². The smallest absolute Gasteiger partial charge is 0.226 e. The van der Waals surface area contributed by atoms with E-state index < -0.39 is 0 Å². The number of nitrogens with zero attached hydrogens (tertiary/aromatic N) is 4. The molecule has 142 valence electrons. The number of rotatable bonds is 6. The van der Waals surface area contributed by atoms with Gasteiger partial charge in [-0.3, -0.25) is 4.79 Å². The highest BCUT2D eigenvalue weighted by atomic mass is 16.5. The minimum atomic E-state index is 0.200. The topological polar surface area (TPSA) is 87.9 Å². The number of benzene rings is 1. The maximum atomic E-state index is 12.6. The van der Waals surface area contributed by atoms with Crippen molar-refractivity contribution in [1.82, 2.24) is 25.0 Å². The molecule has 1 amide bonds. The van der Waals surface area contributed by atoms with Crippen LogP contribution in [0, 0.1) is 0 Å². The first-order valence-electron chi connectivity index (χ1n) is 9.77. The number of aryl methyl sites for hydroxylation is 2. The zero-order valence-corrected chi connectivity index (χ0v) is 15.6. The molecule has 7 nitrogen and oxygen atoms in total. The number of H-pyrrole nitrogens is 1. The standard InChI is InChI=1S/C20H25N5O2/c1-2-17-23-18(27-24-17)10-5-11-19(26)25-12-6-7-14(13-25)20-21-15-8-3-4-9-16(15)22-20/h3-4,8-9,14H,2,5-7,10-13H2,1H3,(H,21,22)/t14-/m1/s1. The van der Waals surface area contributed by atoms with Crippen LogP contribution in [0.15, 0.2) is 28.8 Å². The molecule has 3 heterocycles. The SMILES string of the molecule is CCc1noc(CCCC(=O)N2CCC[C@@H](c3nc4ccccc4[nH]3)C2)n1. The van der Waals surface area contributed by atoms with Crippen molar-refractivity contribution in [2.45, 2.75) is 51.4 Å². The Labute approximate surface area is 158 Å². The zero-order chi connectivity index (χ0) is 18.6. The predicted molar refractivity (Wildman–Crippen MR) is 101 cm³/mol. The van der Waals surface area contributed by atoms with E-state index in [1.165, 1.54) is 0 Å². The van der Waals surface area contributed by atoms with Crippen molar-refractivity contribution >= 4 is 16.9 Å². The van der Waals surface area contributed by atoms with Crippen molar-refractivity contribution in [2.24, 2.45) is 0 Å². The van der Waals surface area contributed by atoms with Crippen molar-refractivity contribution < 1.29 is 9.32 Å². The predicted octanol–water partition coefficient (Wildman–Crippen LogP) is 3.24. The Hall–Kier alpha value is -2.70. The number of para-hydroxylation sites is 2. The first-order valence-corrected chi connectivity index (χ1v) is 9.77. The minimum Gasteiger partial charge on any atom is -0.342 e. The first kappa shape index (κ1) is 17.7. The summed E-state index contributed by atoms with van der Waals surface area (Å²) in [5.74, 6) is 2.82. The van der Waals surface area contributed by atoms with E-state index in [2.05, 4.69) is 15.1 Å². The van der Waals surface area contributed by atoms with Gasteiger partial charge in [0.2, 0.25) is 11.8 Å². The van der Waals surface area contributed by atoms with Crippen molar-refractivity contribution in [3.8, 4) is 0 Å². The van der Waals surface area contributed by atoms with E-state index in [0.29, 0.717) is 18.7 Å². The molecule has 2 aromatic heterocycles. The van der Waals surface area contributed by atoms with E-state index in [-0.39, 0.29) is 11.8 Å². The summed E-state index contributed by atoms with van der Waals surface area (Å²) in [6, 6.07) is 8.06. The maximum Gasteiger partial charge on any atom is 0.226 e. The van der Waals surface area contributed by atoms with Crippen LogP contribution in [-0.2, 0) is 17.6 Å². The third-order valence-electron chi connectivity index (χ3n) is 5.18. The second-order valence-electron chi connectivity index (χ2n) is 7.13. The quantitative estimate of drug-likeness (QED) is 0.722. The highest BCUT2D eigenvalue weighted by Crippen LogP contribution is 2.27. The molecular formula is C20H25N5O2. The van der Waals surface area contributed by atoms with Gasteiger partial charge in [-0.15, -0.1) is 0 Å². The molecule has 7 heteroatoms.